The average molecular weight is 438 g/mol. The van der Waals surface area contributed by atoms with Gasteiger partial charge in [0.25, 0.3) is 10.0 Å². The van der Waals surface area contributed by atoms with Crippen LogP contribution in [0.3, 0.4) is 0 Å². The van der Waals surface area contributed by atoms with E-state index in [1.807, 2.05) is 0 Å². The van der Waals surface area contributed by atoms with Gasteiger partial charge in [0, 0.05) is 18.6 Å². The van der Waals surface area contributed by atoms with Gasteiger partial charge in [-0.3, -0.25) is 4.79 Å². The standard InChI is InChI=1S/C19H22N2O8S/c1-12(22)29-19-16(27-4)8-13(9-17(19)28-5)11-20-21-30(23,24)18-7-6-14(25-2)10-15(18)26-3/h6-11,21H,1-5H3. The van der Waals surface area contributed by atoms with Crippen LogP contribution >= 0.6 is 0 Å². The van der Waals surface area contributed by atoms with Crippen LogP contribution in [0.4, 0.5) is 0 Å². The summed E-state index contributed by atoms with van der Waals surface area (Å²) in [6.45, 7) is 1.25. The molecule has 2 rings (SSSR count). The summed E-state index contributed by atoms with van der Waals surface area (Å²) in [5.74, 6) is 0.534. The Labute approximate surface area is 174 Å². The molecule has 0 aliphatic carbocycles. The molecule has 0 fully saturated rings. The summed E-state index contributed by atoms with van der Waals surface area (Å²) < 4.78 is 50.9. The van der Waals surface area contributed by atoms with Gasteiger partial charge >= 0.3 is 5.97 Å². The summed E-state index contributed by atoms with van der Waals surface area (Å²) in [6, 6.07) is 7.29. The maximum atomic E-state index is 12.6. The number of nitrogens with one attached hydrogen (secondary N) is 1. The maximum Gasteiger partial charge on any atom is 0.308 e. The van der Waals surface area contributed by atoms with Crippen LogP contribution in [0.25, 0.3) is 0 Å². The molecule has 10 nitrogen and oxygen atoms in total. The van der Waals surface area contributed by atoms with Crippen molar-refractivity contribution in [2.75, 3.05) is 28.4 Å². The van der Waals surface area contributed by atoms with Crippen LogP contribution < -0.4 is 28.5 Å². The lowest BCUT2D eigenvalue weighted by molar-refractivity contribution is -0.132. The number of ether oxygens (including phenoxy) is 5. The summed E-state index contributed by atoms with van der Waals surface area (Å²) in [6.07, 6.45) is 1.25. The highest BCUT2D eigenvalue weighted by Crippen LogP contribution is 2.38. The number of hydrogen-bond donors (Lipinski definition) is 1. The molecule has 0 saturated carbocycles. The van der Waals surface area contributed by atoms with Gasteiger partial charge in [-0.25, -0.2) is 0 Å². The first-order valence-electron chi connectivity index (χ1n) is 8.47. The van der Waals surface area contributed by atoms with E-state index in [1.165, 1.54) is 71.9 Å². The monoisotopic (exact) mass is 438 g/mol. The van der Waals surface area contributed by atoms with E-state index in [-0.39, 0.29) is 27.9 Å². The van der Waals surface area contributed by atoms with Crippen LogP contribution in [0.15, 0.2) is 40.3 Å². The molecule has 0 aliphatic heterocycles. The first-order valence-corrected chi connectivity index (χ1v) is 9.95. The van der Waals surface area contributed by atoms with Gasteiger partial charge in [-0.05, 0) is 24.3 Å². The lowest BCUT2D eigenvalue weighted by atomic mass is 10.2. The van der Waals surface area contributed by atoms with Gasteiger partial charge in [0.05, 0.1) is 34.7 Å². The molecule has 2 aromatic rings. The molecule has 0 atom stereocenters. The van der Waals surface area contributed by atoms with Crippen molar-refractivity contribution < 1.29 is 36.9 Å². The predicted molar refractivity (Wildman–Crippen MR) is 108 cm³/mol. The van der Waals surface area contributed by atoms with Crippen LogP contribution in [0.1, 0.15) is 12.5 Å². The second-order valence-corrected chi connectivity index (χ2v) is 7.35. The van der Waals surface area contributed by atoms with E-state index >= 15 is 0 Å². The fourth-order valence-corrected chi connectivity index (χ4v) is 3.38. The van der Waals surface area contributed by atoms with E-state index in [9.17, 15) is 13.2 Å². The first-order chi connectivity index (χ1) is 14.2. The van der Waals surface area contributed by atoms with Crippen molar-refractivity contribution in [3.05, 3.63) is 35.9 Å². The van der Waals surface area contributed by atoms with Crippen LogP contribution in [-0.4, -0.2) is 49.0 Å². The molecule has 0 radical (unpaired) electrons. The third-order valence-corrected chi connectivity index (χ3v) is 5.04. The van der Waals surface area contributed by atoms with Crippen molar-refractivity contribution in [3.63, 3.8) is 0 Å². The van der Waals surface area contributed by atoms with Crippen LogP contribution in [0, 0.1) is 0 Å². The van der Waals surface area contributed by atoms with Gasteiger partial charge in [-0.15, -0.1) is 0 Å². The normalized spacial score (nSPS) is 11.1. The fourth-order valence-electron chi connectivity index (χ4n) is 2.44. The Balaban J connectivity index is 2.31. The molecule has 0 spiro atoms. The number of sulfonamides is 1. The lowest BCUT2D eigenvalue weighted by Crippen LogP contribution is -2.19. The molecule has 0 unspecified atom stereocenters. The number of rotatable bonds is 9. The van der Waals surface area contributed by atoms with E-state index in [4.69, 9.17) is 23.7 Å². The molecule has 0 heterocycles. The van der Waals surface area contributed by atoms with Crippen molar-refractivity contribution >= 4 is 22.2 Å². The Kier molecular flexibility index (Phi) is 7.48. The summed E-state index contributed by atoms with van der Waals surface area (Å²) in [4.78, 5) is 13.3. The van der Waals surface area contributed by atoms with Crippen molar-refractivity contribution in [1.82, 2.24) is 4.83 Å². The minimum absolute atomic E-state index is 0.103. The maximum absolute atomic E-state index is 12.6. The number of carbonyl (C=O) groups excluding carboxylic acids is 1. The Morgan fingerprint density at radius 1 is 0.933 bits per heavy atom. The Hall–Kier alpha value is -3.47. The van der Waals surface area contributed by atoms with E-state index in [2.05, 4.69) is 9.93 Å². The fraction of sp³-hybridized carbons (Fsp3) is 0.263. The Morgan fingerprint density at radius 2 is 1.53 bits per heavy atom. The zero-order valence-electron chi connectivity index (χ0n) is 17.1. The minimum Gasteiger partial charge on any atom is -0.497 e. The van der Waals surface area contributed by atoms with Gasteiger partial charge in [-0.2, -0.15) is 18.4 Å². The zero-order chi connectivity index (χ0) is 22.3. The molecule has 162 valence electrons. The molecular formula is C19H22N2O8S. The summed E-state index contributed by atoms with van der Waals surface area (Å²) >= 11 is 0. The third-order valence-electron chi connectivity index (χ3n) is 3.78. The largest absolute Gasteiger partial charge is 0.497 e. The highest BCUT2D eigenvalue weighted by molar-refractivity contribution is 7.89. The summed E-state index contributed by atoms with van der Waals surface area (Å²) in [5.41, 5.74) is 0.434. The third kappa shape index (κ3) is 5.32. The van der Waals surface area contributed by atoms with Gasteiger partial charge in [0.15, 0.2) is 11.5 Å². The topological polar surface area (TPSA) is 122 Å². The van der Waals surface area contributed by atoms with Crippen LogP contribution in [0.2, 0.25) is 0 Å². The molecule has 0 bridgehead atoms. The second kappa shape index (κ2) is 9.83. The van der Waals surface area contributed by atoms with Gasteiger partial charge < -0.3 is 23.7 Å². The van der Waals surface area contributed by atoms with Crippen LogP contribution in [0.5, 0.6) is 28.7 Å². The molecule has 0 aliphatic rings. The smallest absolute Gasteiger partial charge is 0.308 e. The van der Waals surface area contributed by atoms with E-state index in [1.54, 1.807) is 0 Å². The number of esters is 1. The van der Waals surface area contributed by atoms with Gasteiger partial charge in [0.1, 0.15) is 16.4 Å². The average Bonchev–Trinajstić information content (AvgIpc) is 2.73. The molecule has 11 heteroatoms. The number of methoxy groups -OCH3 is 4. The van der Waals surface area contributed by atoms with E-state index < -0.39 is 16.0 Å². The molecular weight excluding hydrogens is 416 g/mol. The molecule has 2 aromatic carbocycles. The highest BCUT2D eigenvalue weighted by Gasteiger charge is 2.20. The molecule has 0 aromatic heterocycles. The quantitative estimate of drug-likeness (QED) is 0.273. The van der Waals surface area contributed by atoms with E-state index in [0.717, 1.165) is 0 Å². The Bertz CT molecular complexity index is 1030. The number of nitrogens with zero attached hydrogens (tertiary/aromatic N) is 1. The van der Waals surface area contributed by atoms with Crippen molar-refractivity contribution in [2.45, 2.75) is 11.8 Å². The lowest BCUT2D eigenvalue weighted by Gasteiger charge is -2.13. The number of carbonyl (C=O) groups is 1. The Morgan fingerprint density at radius 3 is 2.03 bits per heavy atom. The van der Waals surface area contributed by atoms with Gasteiger partial charge in [0.2, 0.25) is 5.75 Å². The SMILES string of the molecule is COc1ccc(S(=O)(=O)NN=Cc2cc(OC)c(OC(C)=O)c(OC)c2)c(OC)c1. The molecule has 1 N–H and O–H groups in total. The van der Waals surface area contributed by atoms with Crippen LogP contribution in [-0.2, 0) is 14.8 Å². The van der Waals surface area contributed by atoms with Crippen molar-refractivity contribution in [2.24, 2.45) is 5.10 Å². The molecule has 0 amide bonds. The first kappa shape index (κ1) is 22.8. The molecule has 30 heavy (non-hydrogen) atoms. The number of benzene rings is 2. The van der Waals surface area contributed by atoms with Crippen molar-refractivity contribution in [3.8, 4) is 28.7 Å². The predicted octanol–water partition coefficient (Wildman–Crippen LogP) is 1.96. The zero-order valence-corrected chi connectivity index (χ0v) is 17.9. The minimum atomic E-state index is -4.01. The number of hydrogen-bond acceptors (Lipinski definition) is 9. The summed E-state index contributed by atoms with van der Waals surface area (Å²) in [5, 5.41) is 3.78. The highest BCUT2D eigenvalue weighted by atomic mass is 32.2. The van der Waals surface area contributed by atoms with E-state index in [0.29, 0.717) is 11.3 Å². The van der Waals surface area contributed by atoms with Crippen molar-refractivity contribution in [1.29, 1.82) is 0 Å². The number of hydrazone groups is 1. The second-order valence-electron chi connectivity index (χ2n) is 5.72. The summed E-state index contributed by atoms with van der Waals surface area (Å²) in [7, 11) is 1.57. The molecule has 0 saturated heterocycles. The van der Waals surface area contributed by atoms with Gasteiger partial charge in [-0.1, -0.05) is 0 Å².